The van der Waals surface area contributed by atoms with Crippen molar-refractivity contribution in [1.82, 2.24) is 29.8 Å². The Balaban J connectivity index is 1.47. The van der Waals surface area contributed by atoms with Gasteiger partial charge in [0.15, 0.2) is 0 Å². The van der Waals surface area contributed by atoms with Gasteiger partial charge in [-0.05, 0) is 31.2 Å². The van der Waals surface area contributed by atoms with Gasteiger partial charge in [-0.15, -0.1) is 0 Å². The number of hydrogen-bond acceptors (Lipinski definition) is 8. The van der Waals surface area contributed by atoms with Crippen molar-refractivity contribution in [2.24, 2.45) is 7.05 Å². The highest BCUT2D eigenvalue weighted by Crippen LogP contribution is 2.33. The number of nitrogens with one attached hydrogen (secondary N) is 2. The number of carbonyl (C=O) groups is 1. The van der Waals surface area contributed by atoms with Crippen LogP contribution in [0.1, 0.15) is 29.1 Å². The van der Waals surface area contributed by atoms with Gasteiger partial charge in [0.25, 0.3) is 15.7 Å². The largest absolute Gasteiger partial charge is 0.502 e. The van der Waals surface area contributed by atoms with Crippen LogP contribution in [0.2, 0.25) is 0 Å². The van der Waals surface area contributed by atoms with E-state index < -0.39 is 38.0 Å². The monoisotopic (exact) mass is 523 g/mol. The number of halogens is 4. The fourth-order valence-corrected chi connectivity index (χ4v) is 4.04. The Labute approximate surface area is 201 Å². The van der Waals surface area contributed by atoms with Crippen molar-refractivity contribution in [1.29, 1.82) is 0 Å². The summed E-state index contributed by atoms with van der Waals surface area (Å²) in [5.74, 6) is -1.96. The minimum absolute atomic E-state index is 0.0440. The smallest absolute Gasteiger partial charge is 0.343 e. The van der Waals surface area contributed by atoms with E-state index in [9.17, 15) is 30.8 Å². The van der Waals surface area contributed by atoms with Gasteiger partial charge in [0.2, 0.25) is 0 Å². The fourth-order valence-electron chi connectivity index (χ4n) is 3.19. The highest BCUT2D eigenvalue weighted by Gasteiger charge is 2.48. The molecule has 0 bridgehead atoms. The second kappa shape index (κ2) is 9.14. The first-order chi connectivity index (χ1) is 16.9. The Hall–Kier alpha value is -4.14. The normalized spacial score (nSPS) is 12.9. The summed E-state index contributed by atoms with van der Waals surface area (Å²) >= 11 is 0. The molecule has 1 unspecified atom stereocenters. The summed E-state index contributed by atoms with van der Waals surface area (Å²) in [4.78, 5) is 27.6. The quantitative estimate of drug-likeness (QED) is 0.368. The number of anilines is 2. The van der Waals surface area contributed by atoms with Crippen LogP contribution in [0.5, 0.6) is 0 Å². The molecule has 188 valence electrons. The second-order valence-corrected chi connectivity index (χ2v) is 9.56. The molecule has 1 atom stereocenters. The maximum atomic E-state index is 13.8. The van der Waals surface area contributed by atoms with Crippen molar-refractivity contribution in [2.45, 2.75) is 23.4 Å². The predicted molar refractivity (Wildman–Crippen MR) is 119 cm³/mol. The summed E-state index contributed by atoms with van der Waals surface area (Å²) in [5, 5.41) is 5.30. The Kier molecular flexibility index (Phi) is 6.34. The summed E-state index contributed by atoms with van der Waals surface area (Å²) in [6, 6.07) is 3.17. The lowest BCUT2D eigenvalue weighted by molar-refractivity contribution is -0.0437. The Morgan fingerprint density at radius 3 is 2.47 bits per heavy atom. The number of alkyl halides is 3. The first kappa shape index (κ1) is 25.0. The molecule has 0 saturated carbocycles. The molecule has 0 spiro atoms. The molecule has 0 fully saturated rings. The van der Waals surface area contributed by atoms with Crippen LogP contribution in [0.25, 0.3) is 11.0 Å². The van der Waals surface area contributed by atoms with Crippen molar-refractivity contribution in [3.63, 3.8) is 0 Å². The minimum Gasteiger partial charge on any atom is -0.343 e. The average molecular weight is 523 g/mol. The maximum absolute atomic E-state index is 13.8. The summed E-state index contributed by atoms with van der Waals surface area (Å²) in [5.41, 5.74) is -3.92. The van der Waals surface area contributed by atoms with E-state index in [0.717, 1.165) is 11.6 Å². The standard InChI is InChI=1S/C21H17F4N7O3S/c1-11(30-20(33)14-6-17-16(8-26-14)29-10-32(17)2)15-7-28-19(9-27-15)31-12-3-4-13(22)18(5-12)36(34,35)21(23,24)25/h3-11H,1-2H3,(H,28,31)(H,30,33). The summed E-state index contributed by atoms with van der Waals surface area (Å²) in [6.45, 7) is 1.66. The molecular weight excluding hydrogens is 506 g/mol. The number of fused-ring (bicyclic) bond motifs is 1. The van der Waals surface area contributed by atoms with E-state index in [0.29, 0.717) is 23.3 Å². The lowest BCUT2D eigenvalue weighted by atomic mass is 10.2. The molecule has 0 aliphatic heterocycles. The van der Waals surface area contributed by atoms with Gasteiger partial charge in [0.05, 0.1) is 42.2 Å². The van der Waals surface area contributed by atoms with Gasteiger partial charge in [-0.2, -0.15) is 13.2 Å². The van der Waals surface area contributed by atoms with E-state index in [2.05, 4.69) is 30.6 Å². The topological polar surface area (TPSA) is 132 Å². The van der Waals surface area contributed by atoms with Gasteiger partial charge in [0, 0.05) is 12.7 Å². The number of benzene rings is 1. The van der Waals surface area contributed by atoms with Gasteiger partial charge in [-0.25, -0.2) is 27.8 Å². The number of carbonyl (C=O) groups excluding carboxylic acids is 1. The van der Waals surface area contributed by atoms with Crippen LogP contribution in [-0.2, 0) is 16.9 Å². The Morgan fingerprint density at radius 2 is 1.81 bits per heavy atom. The number of nitrogens with zero attached hydrogens (tertiary/aromatic N) is 5. The zero-order valence-electron chi connectivity index (χ0n) is 18.6. The van der Waals surface area contributed by atoms with Crippen LogP contribution in [0, 0.1) is 5.82 Å². The molecular formula is C21H17F4N7O3S. The van der Waals surface area contributed by atoms with Crippen molar-refractivity contribution >= 4 is 38.3 Å². The van der Waals surface area contributed by atoms with E-state index in [4.69, 9.17) is 0 Å². The second-order valence-electron chi connectivity index (χ2n) is 7.65. The van der Waals surface area contributed by atoms with Gasteiger partial charge in [-0.1, -0.05) is 0 Å². The molecule has 3 heterocycles. The van der Waals surface area contributed by atoms with E-state index in [1.165, 1.54) is 18.6 Å². The first-order valence-corrected chi connectivity index (χ1v) is 11.6. The third-order valence-electron chi connectivity index (χ3n) is 5.11. The van der Waals surface area contributed by atoms with Gasteiger partial charge in [0.1, 0.15) is 27.7 Å². The van der Waals surface area contributed by atoms with E-state index >= 15 is 0 Å². The predicted octanol–water partition coefficient (Wildman–Crippen LogP) is 3.43. The lowest BCUT2D eigenvalue weighted by Crippen LogP contribution is -2.28. The number of aryl methyl sites for hydroxylation is 1. The summed E-state index contributed by atoms with van der Waals surface area (Å²) in [7, 11) is -4.10. The molecule has 1 aromatic carbocycles. The van der Waals surface area contributed by atoms with Gasteiger partial charge < -0.3 is 15.2 Å². The molecule has 2 N–H and O–H groups in total. The molecule has 0 radical (unpaired) electrons. The third-order valence-corrected chi connectivity index (χ3v) is 6.61. The highest BCUT2D eigenvalue weighted by molar-refractivity contribution is 7.92. The van der Waals surface area contributed by atoms with Crippen molar-refractivity contribution in [3.8, 4) is 0 Å². The van der Waals surface area contributed by atoms with Crippen LogP contribution < -0.4 is 10.6 Å². The minimum atomic E-state index is -5.89. The fraction of sp³-hybridized carbons (Fsp3) is 0.190. The molecule has 36 heavy (non-hydrogen) atoms. The molecule has 4 rings (SSSR count). The van der Waals surface area contributed by atoms with Crippen LogP contribution in [0.4, 0.5) is 29.1 Å². The van der Waals surface area contributed by atoms with Crippen molar-refractivity contribution < 1.29 is 30.8 Å². The van der Waals surface area contributed by atoms with Gasteiger partial charge in [-0.3, -0.25) is 9.78 Å². The zero-order chi connectivity index (χ0) is 26.3. The number of amides is 1. The molecule has 0 aliphatic carbocycles. The van der Waals surface area contributed by atoms with Crippen molar-refractivity contribution in [3.05, 3.63) is 66.4 Å². The average Bonchev–Trinajstić information content (AvgIpc) is 3.20. The number of hydrogen-bond donors (Lipinski definition) is 2. The van der Waals surface area contributed by atoms with E-state index in [-0.39, 0.29) is 17.2 Å². The number of imidazole rings is 1. The molecule has 0 aliphatic rings. The lowest BCUT2D eigenvalue weighted by Gasteiger charge is -2.14. The Bertz CT molecular complexity index is 1550. The van der Waals surface area contributed by atoms with Gasteiger partial charge >= 0.3 is 5.51 Å². The van der Waals surface area contributed by atoms with Crippen LogP contribution >= 0.6 is 0 Å². The number of sulfone groups is 1. The van der Waals surface area contributed by atoms with Crippen LogP contribution in [-0.4, -0.2) is 44.3 Å². The molecule has 0 saturated heterocycles. The van der Waals surface area contributed by atoms with E-state index in [1.807, 2.05) is 0 Å². The molecule has 3 aromatic heterocycles. The SMILES string of the molecule is CC(NC(=O)c1cc2c(cn1)ncn2C)c1cnc(Nc2ccc(F)c(S(=O)(=O)C(F)(F)F)c2)cn1. The number of pyridine rings is 1. The summed E-state index contributed by atoms with van der Waals surface area (Å²) in [6.07, 6.45) is 5.61. The summed E-state index contributed by atoms with van der Waals surface area (Å²) < 4.78 is 77.2. The maximum Gasteiger partial charge on any atom is 0.502 e. The molecule has 10 nitrogen and oxygen atoms in total. The van der Waals surface area contributed by atoms with Crippen molar-refractivity contribution in [2.75, 3.05) is 5.32 Å². The molecule has 4 aromatic rings. The molecule has 15 heteroatoms. The van der Waals surface area contributed by atoms with Crippen LogP contribution in [0.3, 0.4) is 0 Å². The first-order valence-electron chi connectivity index (χ1n) is 10.1. The number of rotatable bonds is 6. The van der Waals surface area contributed by atoms with E-state index in [1.54, 1.807) is 30.9 Å². The Morgan fingerprint density at radius 1 is 1.06 bits per heavy atom. The third kappa shape index (κ3) is 4.82. The highest BCUT2D eigenvalue weighted by atomic mass is 32.2. The van der Waals surface area contributed by atoms with Crippen LogP contribution in [0.15, 0.2) is 54.1 Å². The zero-order valence-corrected chi connectivity index (χ0v) is 19.4. The molecule has 1 amide bonds. The number of aromatic nitrogens is 5.